The Kier molecular flexibility index (Phi) is 4.49. The van der Waals surface area contributed by atoms with Gasteiger partial charge in [-0.25, -0.2) is 0 Å². The van der Waals surface area contributed by atoms with Gasteiger partial charge >= 0.3 is 0 Å². The lowest BCUT2D eigenvalue weighted by Gasteiger charge is -2.09. The molecule has 3 N–H and O–H groups in total. The van der Waals surface area contributed by atoms with Crippen molar-refractivity contribution in [3.05, 3.63) is 29.8 Å². The van der Waals surface area contributed by atoms with Crippen LogP contribution in [-0.4, -0.2) is 16.3 Å². The van der Waals surface area contributed by atoms with Gasteiger partial charge in [-0.1, -0.05) is 29.8 Å². The van der Waals surface area contributed by atoms with E-state index in [1.165, 1.54) is 10.5 Å². The van der Waals surface area contributed by atoms with E-state index in [9.17, 15) is 0 Å². The summed E-state index contributed by atoms with van der Waals surface area (Å²) in [6.45, 7) is 4.12. The minimum absolute atomic E-state index is 0.280. The number of aryl methyl sites for hydroxylation is 1. The van der Waals surface area contributed by atoms with Crippen LogP contribution in [0.5, 0.6) is 0 Å². The van der Waals surface area contributed by atoms with E-state index in [2.05, 4.69) is 43.3 Å². The van der Waals surface area contributed by atoms with Crippen LogP contribution in [0.1, 0.15) is 18.9 Å². The van der Waals surface area contributed by atoms with E-state index in [1.54, 1.807) is 11.8 Å². The second-order valence-corrected chi connectivity index (χ2v) is 5.05. The Morgan fingerprint density at radius 2 is 2.07 bits per heavy atom. The molecular weight excluding hydrogens is 208 g/mol. The summed E-state index contributed by atoms with van der Waals surface area (Å²) in [5.41, 5.74) is 6.69. The van der Waals surface area contributed by atoms with Gasteiger partial charge in [0.2, 0.25) is 0 Å². The van der Waals surface area contributed by atoms with Crippen molar-refractivity contribution in [1.29, 1.82) is 0 Å². The summed E-state index contributed by atoms with van der Waals surface area (Å²) in [7, 11) is 0. The highest BCUT2D eigenvalue weighted by molar-refractivity contribution is 8.00. The molecule has 0 aromatic heterocycles. The van der Waals surface area contributed by atoms with Gasteiger partial charge in [0, 0.05) is 16.6 Å². The molecule has 15 heavy (non-hydrogen) atoms. The standard InChI is InChI=1S/C11H16N2OS/c1-8-3-5-10(6-4-8)15-9(2)7-11(12)13-14/h3-6,9,14H,7H2,1-2H3,(H2,12,13). The molecule has 0 bridgehead atoms. The Bertz CT molecular complexity index is 335. The average Bonchev–Trinajstić information content (AvgIpc) is 2.21. The molecule has 0 aliphatic heterocycles. The van der Waals surface area contributed by atoms with Crippen molar-refractivity contribution in [2.24, 2.45) is 10.9 Å². The van der Waals surface area contributed by atoms with Gasteiger partial charge in [-0.2, -0.15) is 0 Å². The van der Waals surface area contributed by atoms with Crippen molar-refractivity contribution in [3.63, 3.8) is 0 Å². The van der Waals surface area contributed by atoms with Gasteiger partial charge in [0.25, 0.3) is 0 Å². The van der Waals surface area contributed by atoms with Crippen molar-refractivity contribution in [2.45, 2.75) is 30.4 Å². The summed E-state index contributed by atoms with van der Waals surface area (Å²) in [6, 6.07) is 8.34. The number of rotatable bonds is 4. The van der Waals surface area contributed by atoms with E-state index in [1.807, 2.05) is 0 Å². The molecule has 82 valence electrons. The molecule has 0 aliphatic rings. The molecule has 0 spiro atoms. The zero-order valence-corrected chi connectivity index (χ0v) is 9.79. The third-order valence-electron chi connectivity index (χ3n) is 1.98. The van der Waals surface area contributed by atoms with Crippen LogP contribution in [0.25, 0.3) is 0 Å². The fourth-order valence-electron chi connectivity index (χ4n) is 1.23. The van der Waals surface area contributed by atoms with E-state index in [4.69, 9.17) is 10.9 Å². The monoisotopic (exact) mass is 224 g/mol. The molecule has 1 atom stereocenters. The molecule has 0 fully saturated rings. The summed E-state index contributed by atoms with van der Waals surface area (Å²) < 4.78 is 0. The number of hydrogen-bond acceptors (Lipinski definition) is 3. The molecule has 0 radical (unpaired) electrons. The first kappa shape index (κ1) is 11.9. The highest BCUT2D eigenvalue weighted by Gasteiger charge is 2.06. The molecular formula is C11H16N2OS. The molecule has 0 saturated carbocycles. The quantitative estimate of drug-likeness (QED) is 0.272. The van der Waals surface area contributed by atoms with Crippen molar-refractivity contribution in [3.8, 4) is 0 Å². The van der Waals surface area contributed by atoms with Crippen LogP contribution in [0.4, 0.5) is 0 Å². The van der Waals surface area contributed by atoms with E-state index in [0.717, 1.165) is 0 Å². The lowest BCUT2D eigenvalue weighted by Crippen LogP contribution is -2.16. The van der Waals surface area contributed by atoms with Crippen LogP contribution >= 0.6 is 11.8 Å². The van der Waals surface area contributed by atoms with Gasteiger partial charge in [-0.05, 0) is 19.1 Å². The van der Waals surface area contributed by atoms with Crippen LogP contribution in [0.15, 0.2) is 34.3 Å². The summed E-state index contributed by atoms with van der Waals surface area (Å²) >= 11 is 1.72. The number of thioether (sulfide) groups is 1. The lowest BCUT2D eigenvalue weighted by molar-refractivity contribution is 0.317. The Morgan fingerprint density at radius 3 is 2.60 bits per heavy atom. The van der Waals surface area contributed by atoms with E-state index >= 15 is 0 Å². The van der Waals surface area contributed by atoms with Crippen molar-refractivity contribution < 1.29 is 5.21 Å². The fourth-order valence-corrected chi connectivity index (χ4v) is 2.24. The molecule has 1 unspecified atom stereocenters. The van der Waals surface area contributed by atoms with Gasteiger partial charge < -0.3 is 10.9 Å². The molecule has 0 heterocycles. The SMILES string of the molecule is Cc1ccc(SC(C)CC(N)=NO)cc1. The predicted molar refractivity (Wildman–Crippen MR) is 64.5 cm³/mol. The van der Waals surface area contributed by atoms with Gasteiger partial charge in [0.1, 0.15) is 5.84 Å². The zero-order valence-electron chi connectivity index (χ0n) is 8.97. The predicted octanol–water partition coefficient (Wildman–Crippen LogP) is 2.61. The molecule has 0 amide bonds. The third kappa shape index (κ3) is 4.25. The fraction of sp³-hybridized carbons (Fsp3) is 0.364. The smallest absolute Gasteiger partial charge is 0.140 e. The van der Waals surface area contributed by atoms with Crippen molar-refractivity contribution in [2.75, 3.05) is 0 Å². The maximum atomic E-state index is 8.44. The van der Waals surface area contributed by atoms with Gasteiger partial charge in [-0.3, -0.25) is 0 Å². The number of hydrogen-bond donors (Lipinski definition) is 2. The number of oxime groups is 1. The lowest BCUT2D eigenvalue weighted by atomic mass is 10.2. The van der Waals surface area contributed by atoms with Gasteiger partial charge in [0.05, 0.1) is 0 Å². The summed E-state index contributed by atoms with van der Waals surface area (Å²) in [5, 5.41) is 11.7. The second kappa shape index (κ2) is 5.66. The maximum absolute atomic E-state index is 8.44. The molecule has 0 saturated heterocycles. The first-order valence-electron chi connectivity index (χ1n) is 4.81. The molecule has 3 nitrogen and oxygen atoms in total. The first-order valence-corrected chi connectivity index (χ1v) is 5.69. The largest absolute Gasteiger partial charge is 0.409 e. The highest BCUT2D eigenvalue weighted by Crippen LogP contribution is 2.25. The van der Waals surface area contributed by atoms with Crippen LogP contribution in [0, 0.1) is 6.92 Å². The van der Waals surface area contributed by atoms with Crippen LogP contribution in [0.3, 0.4) is 0 Å². The van der Waals surface area contributed by atoms with Crippen LogP contribution in [0.2, 0.25) is 0 Å². The second-order valence-electron chi connectivity index (χ2n) is 3.54. The molecule has 1 rings (SSSR count). The van der Waals surface area contributed by atoms with E-state index in [0.29, 0.717) is 11.7 Å². The topological polar surface area (TPSA) is 58.6 Å². The summed E-state index contributed by atoms with van der Waals surface area (Å²) in [6.07, 6.45) is 0.592. The van der Waals surface area contributed by atoms with Crippen molar-refractivity contribution >= 4 is 17.6 Å². The Balaban J connectivity index is 2.51. The Hall–Kier alpha value is -1.16. The number of nitrogens with two attached hydrogens (primary N) is 1. The summed E-state index contributed by atoms with van der Waals surface area (Å²) in [5.74, 6) is 0.280. The Labute approximate surface area is 94.4 Å². The zero-order chi connectivity index (χ0) is 11.3. The normalized spacial score (nSPS) is 13.9. The molecule has 0 aliphatic carbocycles. The molecule has 1 aromatic carbocycles. The minimum Gasteiger partial charge on any atom is -0.409 e. The average molecular weight is 224 g/mol. The van der Waals surface area contributed by atoms with Crippen LogP contribution < -0.4 is 5.73 Å². The highest BCUT2D eigenvalue weighted by atomic mass is 32.2. The molecule has 4 heteroatoms. The summed E-state index contributed by atoms with van der Waals surface area (Å²) in [4.78, 5) is 1.21. The van der Waals surface area contributed by atoms with Gasteiger partial charge in [-0.15, -0.1) is 11.8 Å². The maximum Gasteiger partial charge on any atom is 0.140 e. The Morgan fingerprint density at radius 1 is 1.47 bits per heavy atom. The molecule has 1 aromatic rings. The first-order chi connectivity index (χ1) is 7.11. The third-order valence-corrected chi connectivity index (χ3v) is 3.10. The minimum atomic E-state index is 0.280. The number of benzene rings is 1. The van der Waals surface area contributed by atoms with Gasteiger partial charge in [0.15, 0.2) is 0 Å². The van der Waals surface area contributed by atoms with Crippen molar-refractivity contribution in [1.82, 2.24) is 0 Å². The van der Waals surface area contributed by atoms with E-state index < -0.39 is 0 Å². The van der Waals surface area contributed by atoms with Crippen LogP contribution in [-0.2, 0) is 0 Å². The number of nitrogens with zero attached hydrogens (tertiary/aromatic N) is 1. The number of amidine groups is 1. The van der Waals surface area contributed by atoms with E-state index in [-0.39, 0.29) is 5.84 Å².